The van der Waals surface area contributed by atoms with Gasteiger partial charge >= 0.3 is 0 Å². The molecule has 0 aromatic carbocycles. The van der Waals surface area contributed by atoms with Gasteiger partial charge in [0.1, 0.15) is 0 Å². The third-order valence-corrected chi connectivity index (χ3v) is 6.23. The van der Waals surface area contributed by atoms with Crippen LogP contribution >= 0.6 is 0 Å². The van der Waals surface area contributed by atoms with Crippen molar-refractivity contribution in [2.24, 2.45) is 0 Å². The van der Waals surface area contributed by atoms with E-state index in [9.17, 15) is 4.79 Å². The van der Waals surface area contributed by atoms with Gasteiger partial charge in [-0.3, -0.25) is 4.79 Å². The van der Waals surface area contributed by atoms with Gasteiger partial charge in [0.05, 0.1) is 6.04 Å². The molecule has 0 aromatic rings. The van der Waals surface area contributed by atoms with Gasteiger partial charge < -0.3 is 10.2 Å². The molecule has 1 saturated heterocycles. The van der Waals surface area contributed by atoms with Gasteiger partial charge in [-0.15, -0.1) is 0 Å². The van der Waals surface area contributed by atoms with Crippen LogP contribution in [0.25, 0.3) is 0 Å². The number of rotatable bonds is 19. The monoisotopic (exact) mass is 394 g/mol. The molecule has 1 fully saturated rings. The summed E-state index contributed by atoms with van der Waals surface area (Å²) >= 11 is 0. The summed E-state index contributed by atoms with van der Waals surface area (Å²) in [6.45, 7) is 7.51. The average molecular weight is 395 g/mol. The van der Waals surface area contributed by atoms with Gasteiger partial charge in [-0.1, -0.05) is 104 Å². The van der Waals surface area contributed by atoms with Gasteiger partial charge in [0.15, 0.2) is 0 Å². The highest BCUT2D eigenvalue weighted by atomic mass is 16.2. The highest BCUT2D eigenvalue weighted by Gasteiger charge is 2.26. The largest absolute Gasteiger partial charge is 0.341 e. The summed E-state index contributed by atoms with van der Waals surface area (Å²) < 4.78 is 0. The summed E-state index contributed by atoms with van der Waals surface area (Å²) in [6.07, 6.45) is 23.5. The maximum absolute atomic E-state index is 12.9. The Labute approximate surface area is 176 Å². The molecule has 0 aliphatic carbocycles. The molecule has 0 saturated carbocycles. The molecule has 1 atom stereocenters. The molecule has 0 aromatic heterocycles. The van der Waals surface area contributed by atoms with Crippen LogP contribution in [-0.2, 0) is 4.79 Å². The van der Waals surface area contributed by atoms with E-state index in [0.717, 1.165) is 32.5 Å². The van der Waals surface area contributed by atoms with Gasteiger partial charge in [-0.05, 0) is 32.2 Å². The number of hydrogen-bond acceptors (Lipinski definition) is 2. The van der Waals surface area contributed by atoms with E-state index in [1.807, 2.05) is 0 Å². The van der Waals surface area contributed by atoms with E-state index in [4.69, 9.17) is 0 Å². The normalized spacial score (nSPS) is 16.6. The second-order valence-corrected chi connectivity index (χ2v) is 8.92. The molecule has 1 rings (SSSR count). The van der Waals surface area contributed by atoms with E-state index in [0.29, 0.717) is 5.91 Å². The molecule has 0 radical (unpaired) electrons. The summed E-state index contributed by atoms with van der Waals surface area (Å²) in [6, 6.07) is 0.100. The van der Waals surface area contributed by atoms with Crippen LogP contribution in [0, 0.1) is 0 Å². The summed E-state index contributed by atoms with van der Waals surface area (Å²) in [4.78, 5) is 15.1. The topological polar surface area (TPSA) is 32.3 Å². The number of amides is 1. The zero-order chi connectivity index (χ0) is 20.3. The van der Waals surface area contributed by atoms with E-state index >= 15 is 0 Å². The molecule has 3 nitrogen and oxygen atoms in total. The van der Waals surface area contributed by atoms with Crippen molar-refractivity contribution in [3.8, 4) is 0 Å². The molecule has 0 spiro atoms. The Morgan fingerprint density at radius 2 is 1.14 bits per heavy atom. The molecule has 166 valence electrons. The minimum absolute atomic E-state index is 0.100. The maximum atomic E-state index is 12.9. The average Bonchev–Trinajstić information content (AvgIpc) is 3.24. The predicted molar refractivity (Wildman–Crippen MR) is 123 cm³/mol. The van der Waals surface area contributed by atoms with Crippen molar-refractivity contribution in [3.05, 3.63) is 0 Å². The number of carbonyl (C=O) groups is 1. The molecule has 1 heterocycles. The first-order valence-electron chi connectivity index (χ1n) is 12.8. The number of unbranched alkanes of at least 4 members (excludes halogenated alkanes) is 14. The van der Waals surface area contributed by atoms with Crippen LogP contribution in [-0.4, -0.2) is 36.5 Å². The molecular formula is C25H50N2O. The quantitative estimate of drug-likeness (QED) is 0.243. The van der Waals surface area contributed by atoms with Crippen LogP contribution in [0.2, 0.25) is 0 Å². The summed E-state index contributed by atoms with van der Waals surface area (Å²) in [5, 5.41) is 3.41. The van der Waals surface area contributed by atoms with Crippen LogP contribution in [0.15, 0.2) is 0 Å². The van der Waals surface area contributed by atoms with Crippen molar-refractivity contribution in [1.82, 2.24) is 10.2 Å². The van der Waals surface area contributed by atoms with Crippen molar-refractivity contribution in [2.75, 3.05) is 19.6 Å². The standard InChI is InChI=1S/C25H50N2O/c1-3-5-7-9-11-13-15-17-22-27(25(28)24-20-19-21-26-24)23-18-16-14-12-10-8-6-4-2/h24,26H,3-23H2,1-2H3/t24-/m0/s1. The van der Waals surface area contributed by atoms with Crippen molar-refractivity contribution < 1.29 is 4.79 Å². The molecule has 0 unspecified atom stereocenters. The smallest absolute Gasteiger partial charge is 0.239 e. The Morgan fingerprint density at radius 3 is 1.54 bits per heavy atom. The van der Waals surface area contributed by atoms with Crippen LogP contribution in [0.4, 0.5) is 0 Å². The zero-order valence-corrected chi connectivity index (χ0v) is 19.3. The van der Waals surface area contributed by atoms with Crippen LogP contribution < -0.4 is 5.32 Å². The maximum Gasteiger partial charge on any atom is 0.239 e. The molecule has 28 heavy (non-hydrogen) atoms. The van der Waals surface area contributed by atoms with Gasteiger partial charge in [0.25, 0.3) is 0 Å². The molecule has 0 bridgehead atoms. The third kappa shape index (κ3) is 12.8. The number of hydrogen-bond donors (Lipinski definition) is 1. The van der Waals surface area contributed by atoms with Crippen molar-refractivity contribution in [1.29, 1.82) is 0 Å². The summed E-state index contributed by atoms with van der Waals surface area (Å²) in [7, 11) is 0. The SMILES string of the molecule is CCCCCCCCCCN(CCCCCCCCCC)C(=O)[C@@H]1CCCN1. The van der Waals surface area contributed by atoms with Gasteiger partial charge in [0.2, 0.25) is 5.91 Å². The number of carbonyl (C=O) groups excluding carboxylic acids is 1. The van der Waals surface area contributed by atoms with Crippen LogP contribution in [0.3, 0.4) is 0 Å². The second-order valence-electron chi connectivity index (χ2n) is 8.92. The fourth-order valence-electron chi connectivity index (χ4n) is 4.32. The minimum Gasteiger partial charge on any atom is -0.341 e. The number of nitrogens with one attached hydrogen (secondary N) is 1. The molecule has 1 aliphatic rings. The summed E-state index contributed by atoms with van der Waals surface area (Å²) in [5.74, 6) is 0.378. The van der Waals surface area contributed by atoms with E-state index in [-0.39, 0.29) is 6.04 Å². The van der Waals surface area contributed by atoms with Crippen LogP contribution in [0.1, 0.15) is 129 Å². The van der Waals surface area contributed by atoms with Crippen molar-refractivity contribution in [3.63, 3.8) is 0 Å². The first-order chi connectivity index (χ1) is 13.8. The Balaban J connectivity index is 2.18. The Morgan fingerprint density at radius 1 is 0.714 bits per heavy atom. The lowest BCUT2D eigenvalue weighted by Crippen LogP contribution is -2.44. The fourth-order valence-corrected chi connectivity index (χ4v) is 4.32. The Kier molecular flexibility index (Phi) is 16.8. The van der Waals surface area contributed by atoms with E-state index in [1.54, 1.807) is 0 Å². The molecular weight excluding hydrogens is 344 g/mol. The predicted octanol–water partition coefficient (Wildman–Crippen LogP) is 6.85. The van der Waals surface area contributed by atoms with Crippen molar-refractivity contribution >= 4 is 5.91 Å². The lowest BCUT2D eigenvalue weighted by Gasteiger charge is -2.26. The Bertz CT molecular complexity index is 332. The highest BCUT2D eigenvalue weighted by molar-refractivity contribution is 5.82. The third-order valence-electron chi connectivity index (χ3n) is 6.23. The molecule has 1 N–H and O–H groups in total. The van der Waals surface area contributed by atoms with E-state index in [2.05, 4.69) is 24.1 Å². The number of nitrogens with zero attached hydrogens (tertiary/aromatic N) is 1. The zero-order valence-electron chi connectivity index (χ0n) is 19.3. The lowest BCUT2D eigenvalue weighted by molar-refractivity contribution is -0.133. The lowest BCUT2D eigenvalue weighted by atomic mass is 10.1. The van der Waals surface area contributed by atoms with Gasteiger partial charge in [-0.25, -0.2) is 0 Å². The highest BCUT2D eigenvalue weighted by Crippen LogP contribution is 2.14. The molecule has 1 amide bonds. The van der Waals surface area contributed by atoms with Gasteiger partial charge in [0, 0.05) is 13.1 Å². The summed E-state index contributed by atoms with van der Waals surface area (Å²) in [5.41, 5.74) is 0. The second kappa shape index (κ2) is 18.5. The van der Waals surface area contributed by atoms with Gasteiger partial charge in [-0.2, -0.15) is 0 Å². The minimum atomic E-state index is 0.100. The van der Waals surface area contributed by atoms with E-state index < -0.39 is 0 Å². The van der Waals surface area contributed by atoms with Crippen molar-refractivity contribution in [2.45, 2.75) is 135 Å². The molecule has 3 heteroatoms. The first-order valence-corrected chi connectivity index (χ1v) is 12.8. The Hall–Kier alpha value is -0.570. The fraction of sp³-hybridized carbons (Fsp3) is 0.960. The molecule has 1 aliphatic heterocycles. The van der Waals surface area contributed by atoms with Crippen LogP contribution in [0.5, 0.6) is 0 Å². The first kappa shape index (κ1) is 25.5. The van der Waals surface area contributed by atoms with E-state index in [1.165, 1.54) is 103 Å².